The fourth-order valence-corrected chi connectivity index (χ4v) is 3.45. The van der Waals surface area contributed by atoms with Gasteiger partial charge in [-0.3, -0.25) is 4.72 Å². The molecule has 0 atom stereocenters. The number of aromatic nitrogens is 1. The van der Waals surface area contributed by atoms with E-state index < -0.39 is 10.0 Å². The van der Waals surface area contributed by atoms with E-state index in [9.17, 15) is 8.42 Å². The lowest BCUT2D eigenvalue weighted by Crippen LogP contribution is -2.14. The van der Waals surface area contributed by atoms with Crippen molar-refractivity contribution in [3.8, 4) is 0 Å². The predicted molar refractivity (Wildman–Crippen MR) is 79.2 cm³/mol. The van der Waals surface area contributed by atoms with Gasteiger partial charge in [0.25, 0.3) is 10.0 Å². The Morgan fingerprint density at radius 1 is 1.16 bits per heavy atom. The number of pyridine rings is 1. The van der Waals surface area contributed by atoms with Crippen molar-refractivity contribution < 1.29 is 8.42 Å². The standard InChI is InChI=1S/C11H7BrCl2N2O2S/c12-10-2-1-3-11(15-10)16-19(17,18)9-6-7(13)4-5-8(9)14/h1-6H,(H,15,16). The second-order valence-electron chi connectivity index (χ2n) is 3.53. The summed E-state index contributed by atoms with van der Waals surface area (Å²) in [6.07, 6.45) is 0. The van der Waals surface area contributed by atoms with E-state index in [0.717, 1.165) is 0 Å². The Kier molecular flexibility index (Phi) is 4.35. The fraction of sp³-hybridized carbons (Fsp3) is 0. The van der Waals surface area contributed by atoms with Crippen LogP contribution in [0.2, 0.25) is 10.0 Å². The van der Waals surface area contributed by atoms with Gasteiger partial charge in [0, 0.05) is 5.02 Å². The van der Waals surface area contributed by atoms with Crippen molar-refractivity contribution in [2.75, 3.05) is 4.72 Å². The maximum Gasteiger partial charge on any atom is 0.264 e. The van der Waals surface area contributed by atoms with Crippen molar-refractivity contribution in [2.24, 2.45) is 0 Å². The van der Waals surface area contributed by atoms with Crippen molar-refractivity contribution in [3.05, 3.63) is 51.0 Å². The van der Waals surface area contributed by atoms with Crippen molar-refractivity contribution in [3.63, 3.8) is 0 Å². The molecule has 0 aliphatic rings. The first-order valence-electron chi connectivity index (χ1n) is 4.99. The third kappa shape index (κ3) is 3.60. The maximum atomic E-state index is 12.2. The molecule has 0 saturated carbocycles. The maximum absolute atomic E-state index is 12.2. The molecule has 0 unspecified atom stereocenters. The van der Waals surface area contributed by atoms with Crippen LogP contribution in [0.4, 0.5) is 5.82 Å². The average Bonchev–Trinajstić information content (AvgIpc) is 2.31. The van der Waals surface area contributed by atoms with Gasteiger partial charge in [-0.25, -0.2) is 13.4 Å². The van der Waals surface area contributed by atoms with Gasteiger partial charge >= 0.3 is 0 Å². The van der Waals surface area contributed by atoms with Gasteiger partial charge in [0.1, 0.15) is 15.3 Å². The Bertz CT molecular complexity index is 722. The number of nitrogens with one attached hydrogen (secondary N) is 1. The highest BCUT2D eigenvalue weighted by Gasteiger charge is 2.19. The highest BCUT2D eigenvalue weighted by atomic mass is 79.9. The molecule has 0 spiro atoms. The van der Waals surface area contributed by atoms with E-state index in [4.69, 9.17) is 23.2 Å². The van der Waals surface area contributed by atoms with Crippen LogP contribution >= 0.6 is 39.1 Å². The summed E-state index contributed by atoms with van der Waals surface area (Å²) in [6.45, 7) is 0. The fourth-order valence-electron chi connectivity index (χ4n) is 1.34. The zero-order chi connectivity index (χ0) is 14.0. The van der Waals surface area contributed by atoms with Gasteiger partial charge < -0.3 is 0 Å². The number of hydrogen-bond donors (Lipinski definition) is 1. The summed E-state index contributed by atoms with van der Waals surface area (Å²) in [5.74, 6) is 0.186. The molecule has 19 heavy (non-hydrogen) atoms. The van der Waals surface area contributed by atoms with Crippen LogP contribution in [0.25, 0.3) is 0 Å². The van der Waals surface area contributed by atoms with E-state index in [1.54, 1.807) is 12.1 Å². The summed E-state index contributed by atoms with van der Waals surface area (Å²) in [4.78, 5) is 3.89. The molecule has 1 aromatic carbocycles. The van der Waals surface area contributed by atoms with Crippen LogP contribution < -0.4 is 4.72 Å². The predicted octanol–water partition coefficient (Wildman–Crippen LogP) is 3.95. The number of sulfonamides is 1. The van der Waals surface area contributed by atoms with Crippen LogP contribution in [-0.2, 0) is 10.0 Å². The van der Waals surface area contributed by atoms with Gasteiger partial charge in [-0.2, -0.15) is 0 Å². The molecule has 0 fully saturated rings. The third-order valence-electron chi connectivity index (χ3n) is 2.14. The Labute approximate surface area is 128 Å². The van der Waals surface area contributed by atoms with E-state index in [1.165, 1.54) is 24.3 Å². The molecule has 1 N–H and O–H groups in total. The largest absolute Gasteiger partial charge is 0.264 e. The smallest absolute Gasteiger partial charge is 0.263 e. The number of hydrogen-bond acceptors (Lipinski definition) is 3. The summed E-state index contributed by atoms with van der Waals surface area (Å²) < 4.78 is 27.2. The van der Waals surface area contributed by atoms with Gasteiger partial charge in [-0.05, 0) is 46.3 Å². The quantitative estimate of drug-likeness (QED) is 0.818. The second-order valence-corrected chi connectivity index (χ2v) is 6.83. The minimum Gasteiger partial charge on any atom is -0.263 e. The molecule has 0 amide bonds. The third-order valence-corrected chi connectivity index (χ3v) is 4.65. The highest BCUT2D eigenvalue weighted by Crippen LogP contribution is 2.26. The summed E-state index contributed by atoms with van der Waals surface area (Å²) in [6, 6.07) is 9.09. The molecule has 0 aliphatic carbocycles. The van der Waals surface area contributed by atoms with Crippen LogP contribution in [0.1, 0.15) is 0 Å². The Morgan fingerprint density at radius 2 is 1.89 bits per heavy atom. The Balaban J connectivity index is 2.40. The molecule has 0 radical (unpaired) electrons. The van der Waals surface area contributed by atoms with E-state index in [2.05, 4.69) is 25.6 Å². The molecule has 0 aliphatic heterocycles. The molecule has 100 valence electrons. The molecule has 2 rings (SSSR count). The van der Waals surface area contributed by atoms with Gasteiger partial charge in [0.15, 0.2) is 0 Å². The van der Waals surface area contributed by atoms with Gasteiger partial charge in [-0.15, -0.1) is 0 Å². The first-order chi connectivity index (χ1) is 8.88. The monoisotopic (exact) mass is 380 g/mol. The van der Waals surface area contributed by atoms with Gasteiger partial charge in [0.05, 0.1) is 5.02 Å². The molecule has 4 nitrogen and oxygen atoms in total. The van der Waals surface area contributed by atoms with Crippen molar-refractivity contribution in [2.45, 2.75) is 4.90 Å². The number of halogens is 3. The lowest BCUT2D eigenvalue weighted by atomic mass is 10.4. The Hall–Kier alpha value is -0.820. The highest BCUT2D eigenvalue weighted by molar-refractivity contribution is 9.10. The lowest BCUT2D eigenvalue weighted by Gasteiger charge is -2.09. The van der Waals surface area contributed by atoms with E-state index in [-0.39, 0.29) is 20.8 Å². The first kappa shape index (κ1) is 14.6. The molecule has 1 heterocycles. The molecule has 1 aromatic heterocycles. The normalized spacial score (nSPS) is 11.3. The van der Waals surface area contributed by atoms with Crippen molar-refractivity contribution in [1.29, 1.82) is 0 Å². The minimum atomic E-state index is -3.83. The zero-order valence-corrected chi connectivity index (χ0v) is 13.2. The SMILES string of the molecule is O=S(=O)(Nc1cccc(Br)n1)c1cc(Cl)ccc1Cl. The molecular weight excluding hydrogens is 375 g/mol. The van der Waals surface area contributed by atoms with E-state index in [0.29, 0.717) is 4.60 Å². The average molecular weight is 382 g/mol. The number of benzene rings is 1. The van der Waals surface area contributed by atoms with Crippen molar-refractivity contribution >= 4 is 55.0 Å². The molecule has 8 heteroatoms. The second kappa shape index (κ2) is 5.66. The number of rotatable bonds is 3. The minimum absolute atomic E-state index is 0.0897. The van der Waals surface area contributed by atoms with Gasteiger partial charge in [-0.1, -0.05) is 29.3 Å². The van der Waals surface area contributed by atoms with Gasteiger partial charge in [0.2, 0.25) is 0 Å². The summed E-state index contributed by atoms with van der Waals surface area (Å²) >= 11 is 14.8. The first-order valence-corrected chi connectivity index (χ1v) is 8.02. The Morgan fingerprint density at radius 3 is 2.58 bits per heavy atom. The van der Waals surface area contributed by atoms with Crippen LogP contribution in [0.3, 0.4) is 0 Å². The van der Waals surface area contributed by atoms with Crippen LogP contribution in [0, 0.1) is 0 Å². The summed E-state index contributed by atoms with van der Waals surface area (Å²) in [5, 5.41) is 0.374. The summed E-state index contributed by atoms with van der Waals surface area (Å²) in [7, 11) is -3.83. The van der Waals surface area contributed by atoms with Crippen LogP contribution in [-0.4, -0.2) is 13.4 Å². The summed E-state index contributed by atoms with van der Waals surface area (Å²) in [5.41, 5.74) is 0. The number of anilines is 1. The molecule has 0 bridgehead atoms. The van der Waals surface area contributed by atoms with Crippen LogP contribution in [0.5, 0.6) is 0 Å². The molecule has 2 aromatic rings. The topological polar surface area (TPSA) is 59.1 Å². The van der Waals surface area contributed by atoms with E-state index in [1.807, 2.05) is 0 Å². The van der Waals surface area contributed by atoms with E-state index >= 15 is 0 Å². The lowest BCUT2D eigenvalue weighted by molar-refractivity contribution is 0.601. The molecular formula is C11H7BrCl2N2O2S. The zero-order valence-electron chi connectivity index (χ0n) is 9.27. The van der Waals surface area contributed by atoms with Crippen molar-refractivity contribution in [1.82, 2.24) is 4.98 Å². The molecule has 0 saturated heterocycles. The number of nitrogens with zero attached hydrogens (tertiary/aromatic N) is 1. The van der Waals surface area contributed by atoms with Crippen LogP contribution in [0.15, 0.2) is 45.9 Å².